The fourth-order valence-electron chi connectivity index (χ4n) is 3.53. The third-order valence-corrected chi connectivity index (χ3v) is 5.17. The Morgan fingerprint density at radius 3 is 2.56 bits per heavy atom. The van der Waals surface area contributed by atoms with Crippen LogP contribution in [0.5, 0.6) is 0 Å². The summed E-state index contributed by atoms with van der Waals surface area (Å²) in [5, 5.41) is 0. The lowest BCUT2D eigenvalue weighted by Gasteiger charge is -2.36. The van der Waals surface area contributed by atoms with Crippen molar-refractivity contribution in [3.05, 3.63) is 12.7 Å². The number of aromatic amines is 1. The zero-order valence-electron chi connectivity index (χ0n) is 15.1. The Hall–Kier alpha value is -3.24. The van der Waals surface area contributed by atoms with E-state index in [9.17, 15) is 14.4 Å². The molecule has 1 unspecified atom stereocenters. The van der Waals surface area contributed by atoms with Gasteiger partial charge in [0.25, 0.3) is 5.91 Å². The molecule has 2 saturated heterocycles. The van der Waals surface area contributed by atoms with E-state index in [4.69, 9.17) is 0 Å². The van der Waals surface area contributed by atoms with Crippen molar-refractivity contribution in [2.24, 2.45) is 0 Å². The number of anilines is 1. The van der Waals surface area contributed by atoms with E-state index in [2.05, 4.69) is 24.8 Å². The van der Waals surface area contributed by atoms with Gasteiger partial charge in [-0.05, 0) is 0 Å². The topological polar surface area (TPSA) is 119 Å². The summed E-state index contributed by atoms with van der Waals surface area (Å²) in [6.07, 6.45) is 3.06. The van der Waals surface area contributed by atoms with Gasteiger partial charge in [0, 0.05) is 40.3 Å². The maximum Gasteiger partial charge on any atom is 0.326 e. The zero-order chi connectivity index (χ0) is 19.1. The molecule has 4 rings (SSSR count). The van der Waals surface area contributed by atoms with Gasteiger partial charge in [-0.15, -0.1) is 0 Å². The van der Waals surface area contributed by atoms with Crippen LogP contribution in [0.2, 0.25) is 0 Å². The number of H-pyrrole nitrogens is 1. The molecule has 4 amide bonds. The van der Waals surface area contributed by atoms with E-state index >= 15 is 0 Å². The lowest BCUT2D eigenvalue weighted by molar-refractivity contribution is -0.136. The Morgan fingerprint density at radius 1 is 1.15 bits per heavy atom. The number of amides is 4. The Bertz CT molecular complexity index is 904. The van der Waals surface area contributed by atoms with Crippen molar-refractivity contribution >= 4 is 34.8 Å². The first-order valence-electron chi connectivity index (χ1n) is 8.68. The van der Waals surface area contributed by atoms with Crippen LogP contribution in [0.4, 0.5) is 10.6 Å². The number of nitrogens with one attached hydrogen (secondary N) is 1. The van der Waals surface area contributed by atoms with Crippen LogP contribution >= 0.6 is 0 Å². The quantitative estimate of drug-likeness (QED) is 0.707. The van der Waals surface area contributed by atoms with Gasteiger partial charge in [-0.2, -0.15) is 0 Å². The number of hydrogen-bond acceptors (Lipinski definition) is 7. The van der Waals surface area contributed by atoms with Crippen molar-refractivity contribution in [2.75, 3.05) is 45.2 Å². The number of likely N-dealkylation sites (N-methyl/N-ethyl adjacent to an activating group) is 2. The number of urea groups is 1. The van der Waals surface area contributed by atoms with Gasteiger partial charge in [0.15, 0.2) is 11.5 Å². The number of aromatic nitrogens is 4. The molecule has 1 atom stereocenters. The Kier molecular flexibility index (Phi) is 4.13. The first-order valence-corrected chi connectivity index (χ1v) is 8.68. The normalized spacial score (nSPS) is 20.9. The van der Waals surface area contributed by atoms with Crippen molar-refractivity contribution in [1.82, 2.24) is 34.6 Å². The third kappa shape index (κ3) is 2.84. The molecule has 4 heterocycles. The van der Waals surface area contributed by atoms with Crippen LogP contribution in [0, 0.1) is 0 Å². The first-order chi connectivity index (χ1) is 13.0. The number of piperazine rings is 1. The average Bonchev–Trinajstić information content (AvgIpc) is 3.24. The van der Waals surface area contributed by atoms with Crippen molar-refractivity contribution < 1.29 is 14.4 Å². The Balaban J connectivity index is 1.39. The summed E-state index contributed by atoms with van der Waals surface area (Å²) < 4.78 is 0. The minimum atomic E-state index is -0.723. The molecule has 0 aromatic carbocycles. The number of rotatable bonds is 3. The van der Waals surface area contributed by atoms with Crippen LogP contribution in [-0.4, -0.2) is 98.8 Å². The molecule has 2 aromatic rings. The molecule has 142 valence electrons. The molecule has 0 bridgehead atoms. The number of imide groups is 1. The Labute approximate surface area is 155 Å². The number of carbonyl (C=O) groups is 3. The van der Waals surface area contributed by atoms with Crippen molar-refractivity contribution in [3.8, 4) is 0 Å². The van der Waals surface area contributed by atoms with Gasteiger partial charge in [0.1, 0.15) is 17.9 Å². The molecule has 0 radical (unpaired) electrons. The molecule has 2 aliphatic heterocycles. The highest BCUT2D eigenvalue weighted by Crippen LogP contribution is 2.22. The van der Waals surface area contributed by atoms with Crippen LogP contribution in [0.25, 0.3) is 11.2 Å². The van der Waals surface area contributed by atoms with E-state index in [1.165, 1.54) is 18.3 Å². The highest BCUT2D eigenvalue weighted by Gasteiger charge is 2.42. The smallest absolute Gasteiger partial charge is 0.326 e. The second-order valence-corrected chi connectivity index (χ2v) is 6.68. The van der Waals surface area contributed by atoms with Crippen LogP contribution in [0.3, 0.4) is 0 Å². The van der Waals surface area contributed by atoms with Crippen molar-refractivity contribution in [3.63, 3.8) is 0 Å². The van der Waals surface area contributed by atoms with Crippen molar-refractivity contribution in [2.45, 2.75) is 12.5 Å². The second-order valence-electron chi connectivity index (χ2n) is 6.68. The summed E-state index contributed by atoms with van der Waals surface area (Å²) in [6, 6.07) is -1.10. The van der Waals surface area contributed by atoms with Gasteiger partial charge >= 0.3 is 6.03 Å². The molecular weight excluding hydrogens is 352 g/mol. The lowest BCUT2D eigenvalue weighted by Crippen LogP contribution is -2.50. The highest BCUT2D eigenvalue weighted by molar-refractivity contribution is 6.05. The van der Waals surface area contributed by atoms with Crippen molar-refractivity contribution in [1.29, 1.82) is 0 Å². The molecule has 11 heteroatoms. The fourth-order valence-corrected chi connectivity index (χ4v) is 3.53. The summed E-state index contributed by atoms with van der Waals surface area (Å²) >= 11 is 0. The largest absolute Gasteiger partial charge is 0.351 e. The number of carbonyl (C=O) groups excluding carboxylic acids is 3. The van der Waals surface area contributed by atoms with Gasteiger partial charge in [-0.3, -0.25) is 14.5 Å². The summed E-state index contributed by atoms with van der Waals surface area (Å²) in [5.41, 5.74) is 1.38. The van der Waals surface area contributed by atoms with E-state index in [-0.39, 0.29) is 24.3 Å². The maximum atomic E-state index is 12.6. The van der Waals surface area contributed by atoms with E-state index in [1.54, 1.807) is 18.3 Å². The third-order valence-electron chi connectivity index (χ3n) is 5.17. The number of nitrogens with zero attached hydrogens (tertiary/aromatic N) is 7. The highest BCUT2D eigenvalue weighted by atomic mass is 16.2. The van der Waals surface area contributed by atoms with Gasteiger partial charge in [0.05, 0.1) is 12.7 Å². The molecule has 0 spiro atoms. The number of imidazole rings is 1. The minimum Gasteiger partial charge on any atom is -0.351 e. The van der Waals surface area contributed by atoms with Crippen LogP contribution in [0.1, 0.15) is 6.42 Å². The molecule has 11 nitrogen and oxygen atoms in total. The maximum absolute atomic E-state index is 12.6. The van der Waals surface area contributed by atoms with Gasteiger partial charge < -0.3 is 19.7 Å². The first kappa shape index (κ1) is 17.2. The van der Waals surface area contributed by atoms with E-state index in [0.717, 1.165) is 16.2 Å². The second kappa shape index (κ2) is 6.49. The summed E-state index contributed by atoms with van der Waals surface area (Å²) in [6.45, 7) is 2.27. The SMILES string of the molecule is CN1C(=O)C(CC(=O)N2CCN(c3ncnc4nc[nH]c34)CC2)N(C)C1=O. The predicted octanol–water partition coefficient (Wildman–Crippen LogP) is -0.716. The molecule has 1 N–H and O–H groups in total. The zero-order valence-corrected chi connectivity index (χ0v) is 15.1. The summed E-state index contributed by atoms with van der Waals surface area (Å²) in [7, 11) is 2.98. The molecule has 0 aliphatic carbocycles. The number of fused-ring (bicyclic) bond motifs is 1. The van der Waals surface area contributed by atoms with Gasteiger partial charge in [-0.1, -0.05) is 0 Å². The van der Waals surface area contributed by atoms with Gasteiger partial charge in [0.2, 0.25) is 5.91 Å². The van der Waals surface area contributed by atoms with Crippen LogP contribution in [-0.2, 0) is 9.59 Å². The Morgan fingerprint density at radius 2 is 1.89 bits per heavy atom. The molecule has 2 fully saturated rings. The predicted molar refractivity (Wildman–Crippen MR) is 94.8 cm³/mol. The lowest BCUT2D eigenvalue weighted by atomic mass is 10.1. The van der Waals surface area contributed by atoms with Crippen LogP contribution < -0.4 is 4.90 Å². The molecule has 0 saturated carbocycles. The standard InChI is InChI=1S/C16H20N8O3/c1-21-10(15(26)22(2)16(21)27)7-11(25)23-3-5-24(6-4-23)14-12-13(18-8-17-12)19-9-20-14/h8-10H,3-7H2,1-2H3,(H,17,18,19,20). The molecule has 27 heavy (non-hydrogen) atoms. The average molecular weight is 372 g/mol. The fraction of sp³-hybridized carbons (Fsp3) is 0.500. The van der Waals surface area contributed by atoms with Gasteiger partial charge in [-0.25, -0.2) is 19.7 Å². The minimum absolute atomic E-state index is 0.00368. The monoisotopic (exact) mass is 372 g/mol. The van der Waals surface area contributed by atoms with E-state index in [0.29, 0.717) is 31.8 Å². The molecular formula is C16H20N8O3. The molecule has 2 aromatic heterocycles. The van der Waals surface area contributed by atoms with E-state index in [1.807, 2.05) is 0 Å². The molecule has 2 aliphatic rings. The van der Waals surface area contributed by atoms with Crippen LogP contribution in [0.15, 0.2) is 12.7 Å². The number of hydrogen-bond donors (Lipinski definition) is 1. The van der Waals surface area contributed by atoms with E-state index < -0.39 is 6.04 Å². The summed E-state index contributed by atoms with van der Waals surface area (Å²) in [4.78, 5) is 58.4. The summed E-state index contributed by atoms with van der Waals surface area (Å²) in [5.74, 6) is 0.303.